The lowest BCUT2D eigenvalue weighted by molar-refractivity contribution is 0.430. The van der Waals surface area contributed by atoms with Crippen LogP contribution < -0.4 is 0 Å². The Labute approximate surface area is 422 Å². The predicted molar refractivity (Wildman–Crippen MR) is 312 cm³/mol. The van der Waals surface area contributed by atoms with Gasteiger partial charge in [-0.15, -0.1) is 32.9 Å². The van der Waals surface area contributed by atoms with E-state index >= 15 is 0 Å². The summed E-state index contributed by atoms with van der Waals surface area (Å²) >= 11 is 0. The first kappa shape index (κ1) is 66.0. The van der Waals surface area contributed by atoms with Gasteiger partial charge in [-0.3, -0.25) is 0 Å². The molecule has 0 fully saturated rings. The molecular formula is C67H114. The lowest BCUT2D eigenvalue weighted by Crippen LogP contribution is -2.06. The molecule has 0 bridgehead atoms. The number of hydrogen-bond acceptors (Lipinski definition) is 0. The van der Waals surface area contributed by atoms with Crippen molar-refractivity contribution < 1.29 is 0 Å². The van der Waals surface area contributed by atoms with E-state index in [1.54, 1.807) is 0 Å². The summed E-state index contributed by atoms with van der Waals surface area (Å²) in [4.78, 5) is 0. The van der Waals surface area contributed by atoms with Crippen LogP contribution in [0.1, 0.15) is 249 Å². The van der Waals surface area contributed by atoms with Crippen molar-refractivity contribution in [3.8, 4) is 0 Å². The molecule has 0 atom stereocenters. The predicted octanol–water partition coefficient (Wildman–Crippen LogP) is 23.2. The molecule has 0 aliphatic carbocycles. The van der Waals surface area contributed by atoms with E-state index in [0.717, 1.165) is 127 Å². The Morgan fingerprint density at radius 1 is 0.224 bits per heavy atom. The summed E-state index contributed by atoms with van der Waals surface area (Å²) in [5.41, 5.74) is 16.1. The van der Waals surface area contributed by atoms with Crippen molar-refractivity contribution in [2.75, 3.05) is 0 Å². The monoisotopic (exact) mass is 919 g/mol. The van der Waals surface area contributed by atoms with Crippen molar-refractivity contribution in [3.63, 3.8) is 0 Å². The first-order valence-electron chi connectivity index (χ1n) is 27.4. The van der Waals surface area contributed by atoms with Crippen LogP contribution in [-0.4, -0.2) is 0 Å². The van der Waals surface area contributed by atoms with Gasteiger partial charge in [-0.25, -0.2) is 0 Å². The van der Waals surface area contributed by atoms with Gasteiger partial charge in [-0.05, 0) is 225 Å². The van der Waals surface area contributed by atoms with Crippen molar-refractivity contribution in [2.45, 2.75) is 249 Å². The normalized spacial score (nSPS) is 11.2. The van der Waals surface area contributed by atoms with Crippen LogP contribution in [0.25, 0.3) is 0 Å². The van der Waals surface area contributed by atoms with Gasteiger partial charge in [-0.2, -0.15) is 0 Å². The molecule has 0 spiro atoms. The van der Waals surface area contributed by atoms with E-state index in [0.29, 0.717) is 11.8 Å². The molecule has 0 heteroatoms. The fraction of sp³-hybridized carbons (Fsp3) is 0.642. The average Bonchev–Trinajstić information content (AvgIpc) is 3.27. The molecule has 0 N–H and O–H groups in total. The van der Waals surface area contributed by atoms with Gasteiger partial charge >= 0.3 is 0 Å². The maximum atomic E-state index is 4.59. The maximum absolute atomic E-state index is 4.59. The van der Waals surface area contributed by atoms with Gasteiger partial charge in [0.05, 0.1) is 0 Å². The van der Waals surface area contributed by atoms with E-state index in [4.69, 9.17) is 0 Å². The van der Waals surface area contributed by atoms with Gasteiger partial charge in [0.25, 0.3) is 0 Å². The molecule has 0 saturated carbocycles. The highest BCUT2D eigenvalue weighted by Gasteiger charge is 2.16. The summed E-state index contributed by atoms with van der Waals surface area (Å²) in [5.74, 6) is 3.58. The van der Waals surface area contributed by atoms with Gasteiger partial charge in [0.15, 0.2) is 0 Å². The standard InChI is InChI=1S/C48H82.C19H32/c1-15-45(16-2)33-41(11)23-21-39(9)27-31-48(32-28-40(10)22-24-42(12)34-46(17-3)18-4)36-44(14)26-25-43(13)35-47(29-19-37(5)6)30-20-38(7)8;1-15(2)8-11-18(7)14-19(12-9-16(3)4)13-10-17(5)6/h45-48H,5,7,9-36H2,1-4,6,8H3;19H,1,3,5,7-14H2,2,4,6H3. The fourth-order valence-corrected chi connectivity index (χ4v) is 9.07. The fourth-order valence-electron chi connectivity index (χ4n) is 9.07. The molecule has 0 heterocycles. The van der Waals surface area contributed by atoms with Gasteiger partial charge < -0.3 is 0 Å². The SMILES string of the molecule is C=C(C)CCC(=C)CC(CCC(=C)C)CCC(=C)C.C=C(C)CCC(CCC(=C)C)CC(=C)CCC(=C)CC(CCC(=C)CCC(=C)CC(CC)CC)CCC(=C)CCC(=C)CC(CC)CC. The van der Waals surface area contributed by atoms with Gasteiger partial charge in [0, 0.05) is 0 Å². The second kappa shape index (κ2) is 40.7. The highest BCUT2D eigenvalue weighted by molar-refractivity contribution is 5.09. The molecule has 0 rings (SSSR count). The minimum absolute atomic E-state index is 0.624. The summed E-state index contributed by atoms with van der Waals surface area (Å²) < 4.78 is 0. The third-order valence-corrected chi connectivity index (χ3v) is 14.3. The Hall–Kier alpha value is -3.12. The lowest BCUT2D eigenvalue weighted by Gasteiger charge is -2.22. The Balaban J connectivity index is 0. The number of rotatable bonds is 44. The number of allylic oxidation sites excluding steroid dienone is 12. The maximum Gasteiger partial charge on any atom is -0.0286 e. The van der Waals surface area contributed by atoms with Crippen LogP contribution in [0.15, 0.2) is 146 Å². The van der Waals surface area contributed by atoms with Crippen LogP contribution in [0.5, 0.6) is 0 Å². The van der Waals surface area contributed by atoms with E-state index in [-0.39, 0.29) is 0 Å². The highest BCUT2D eigenvalue weighted by Crippen LogP contribution is 2.33. The van der Waals surface area contributed by atoms with E-state index in [1.807, 2.05) is 0 Å². The molecule has 0 aliphatic heterocycles. The molecule has 0 aromatic rings. The van der Waals surface area contributed by atoms with E-state index in [2.05, 4.69) is 141 Å². The summed E-state index contributed by atoms with van der Waals surface area (Å²) in [5, 5.41) is 0. The molecular weight excluding hydrogens is 805 g/mol. The summed E-state index contributed by atoms with van der Waals surface area (Å²) in [7, 11) is 0. The summed E-state index contributed by atoms with van der Waals surface area (Å²) in [6.45, 7) is 71.3. The van der Waals surface area contributed by atoms with Crippen LogP contribution in [0.3, 0.4) is 0 Å². The quantitative estimate of drug-likeness (QED) is 0.0534. The highest BCUT2D eigenvalue weighted by atomic mass is 14.2. The molecule has 0 aromatic heterocycles. The zero-order chi connectivity index (χ0) is 51.3. The zero-order valence-electron chi connectivity index (χ0n) is 46.9. The Kier molecular flexibility index (Phi) is 40.1. The molecule has 0 nitrogen and oxygen atoms in total. The largest absolute Gasteiger partial charge is 0.100 e. The second-order valence-corrected chi connectivity index (χ2v) is 22.3. The number of hydrogen-bond donors (Lipinski definition) is 0. The minimum atomic E-state index is 0.624. The lowest BCUT2D eigenvalue weighted by atomic mass is 9.84. The van der Waals surface area contributed by atoms with E-state index in [9.17, 15) is 0 Å². The molecule has 0 saturated heterocycles. The van der Waals surface area contributed by atoms with Gasteiger partial charge in [0.2, 0.25) is 0 Å². The van der Waals surface area contributed by atoms with Crippen molar-refractivity contribution in [2.24, 2.45) is 29.6 Å². The zero-order valence-corrected chi connectivity index (χ0v) is 46.9. The van der Waals surface area contributed by atoms with Crippen LogP contribution >= 0.6 is 0 Å². The van der Waals surface area contributed by atoms with Crippen molar-refractivity contribution in [1.82, 2.24) is 0 Å². The van der Waals surface area contributed by atoms with E-state index < -0.39 is 0 Å². The molecule has 0 aromatic carbocycles. The second-order valence-electron chi connectivity index (χ2n) is 22.3. The first-order valence-corrected chi connectivity index (χ1v) is 27.4. The van der Waals surface area contributed by atoms with Crippen LogP contribution in [0.4, 0.5) is 0 Å². The molecule has 382 valence electrons. The van der Waals surface area contributed by atoms with Crippen molar-refractivity contribution in [3.05, 3.63) is 146 Å². The summed E-state index contributed by atoms with van der Waals surface area (Å²) in [6, 6.07) is 0. The molecule has 0 aliphatic rings. The molecule has 0 radical (unpaired) electrons. The molecule has 67 heavy (non-hydrogen) atoms. The van der Waals surface area contributed by atoms with Crippen molar-refractivity contribution in [1.29, 1.82) is 0 Å². The Morgan fingerprint density at radius 3 is 0.612 bits per heavy atom. The first-order chi connectivity index (χ1) is 31.5. The van der Waals surface area contributed by atoms with E-state index in [1.165, 1.54) is 144 Å². The van der Waals surface area contributed by atoms with Gasteiger partial charge in [0.1, 0.15) is 0 Å². The topological polar surface area (TPSA) is 0 Å². The smallest absolute Gasteiger partial charge is 0.0286 e. The third-order valence-electron chi connectivity index (χ3n) is 14.3. The van der Waals surface area contributed by atoms with Crippen LogP contribution in [0, 0.1) is 29.6 Å². The Bertz CT molecular complexity index is 1450. The molecule has 0 unspecified atom stereocenters. The summed E-state index contributed by atoms with van der Waals surface area (Å²) in [6.07, 6.45) is 33.2. The van der Waals surface area contributed by atoms with Crippen LogP contribution in [-0.2, 0) is 0 Å². The average molecular weight is 920 g/mol. The third kappa shape index (κ3) is 41.6. The van der Waals surface area contributed by atoms with Gasteiger partial charge in [-0.1, -0.05) is 166 Å². The van der Waals surface area contributed by atoms with Crippen LogP contribution in [0.2, 0.25) is 0 Å². The molecule has 0 amide bonds. The van der Waals surface area contributed by atoms with Crippen molar-refractivity contribution >= 4 is 0 Å². The Morgan fingerprint density at radius 2 is 0.403 bits per heavy atom. The minimum Gasteiger partial charge on any atom is -0.100 e.